The Morgan fingerprint density at radius 3 is 2.88 bits per heavy atom. The SMILES string of the molecule is COc1ccc(Nc2nc[nH]c(=O)c2Br)cn1. The lowest BCUT2D eigenvalue weighted by molar-refractivity contribution is 0.398. The Hall–Kier alpha value is -1.89. The Labute approximate surface area is 105 Å². The van der Waals surface area contributed by atoms with Gasteiger partial charge in [0.05, 0.1) is 25.3 Å². The van der Waals surface area contributed by atoms with Crippen LogP contribution in [0.2, 0.25) is 0 Å². The average molecular weight is 297 g/mol. The lowest BCUT2D eigenvalue weighted by atomic mass is 10.4. The second kappa shape index (κ2) is 4.96. The Bertz CT molecular complexity index is 567. The zero-order valence-corrected chi connectivity index (χ0v) is 10.5. The van der Waals surface area contributed by atoms with E-state index in [-0.39, 0.29) is 5.56 Å². The summed E-state index contributed by atoms with van der Waals surface area (Å²) in [4.78, 5) is 21.8. The molecule has 0 aromatic carbocycles. The molecule has 0 amide bonds. The van der Waals surface area contributed by atoms with E-state index in [4.69, 9.17) is 4.74 Å². The van der Waals surface area contributed by atoms with Gasteiger partial charge in [0.1, 0.15) is 4.47 Å². The number of aromatic amines is 1. The first kappa shape index (κ1) is 11.6. The molecule has 2 N–H and O–H groups in total. The summed E-state index contributed by atoms with van der Waals surface area (Å²) in [5, 5.41) is 2.97. The first-order valence-electron chi connectivity index (χ1n) is 4.71. The van der Waals surface area contributed by atoms with Gasteiger partial charge in [0, 0.05) is 6.07 Å². The largest absolute Gasteiger partial charge is 0.481 e. The summed E-state index contributed by atoms with van der Waals surface area (Å²) in [7, 11) is 1.55. The summed E-state index contributed by atoms with van der Waals surface area (Å²) in [6.45, 7) is 0. The van der Waals surface area contributed by atoms with E-state index in [1.54, 1.807) is 25.4 Å². The second-order valence-corrected chi connectivity index (χ2v) is 3.90. The Morgan fingerprint density at radius 2 is 2.24 bits per heavy atom. The van der Waals surface area contributed by atoms with Gasteiger partial charge in [-0.25, -0.2) is 9.97 Å². The van der Waals surface area contributed by atoms with Gasteiger partial charge >= 0.3 is 0 Å². The quantitative estimate of drug-likeness (QED) is 0.901. The van der Waals surface area contributed by atoms with Gasteiger partial charge in [-0.05, 0) is 22.0 Å². The molecule has 0 unspecified atom stereocenters. The minimum Gasteiger partial charge on any atom is -0.481 e. The predicted octanol–water partition coefficient (Wildman–Crippen LogP) is 1.68. The van der Waals surface area contributed by atoms with Crippen molar-refractivity contribution < 1.29 is 4.74 Å². The zero-order valence-electron chi connectivity index (χ0n) is 8.90. The van der Waals surface area contributed by atoms with E-state index in [1.807, 2.05) is 0 Å². The number of rotatable bonds is 3. The first-order chi connectivity index (χ1) is 8.20. The van der Waals surface area contributed by atoms with Gasteiger partial charge in [0.2, 0.25) is 5.88 Å². The van der Waals surface area contributed by atoms with Gasteiger partial charge < -0.3 is 15.0 Å². The number of halogens is 1. The number of pyridine rings is 1. The maximum atomic E-state index is 11.3. The maximum Gasteiger partial charge on any atom is 0.267 e. The molecule has 0 radical (unpaired) electrons. The number of nitrogens with zero attached hydrogens (tertiary/aromatic N) is 2. The number of anilines is 2. The monoisotopic (exact) mass is 296 g/mol. The van der Waals surface area contributed by atoms with Crippen LogP contribution >= 0.6 is 15.9 Å². The summed E-state index contributed by atoms with van der Waals surface area (Å²) in [6.07, 6.45) is 2.92. The van der Waals surface area contributed by atoms with Crippen LogP contribution in [0.1, 0.15) is 0 Å². The third-order valence-electron chi connectivity index (χ3n) is 2.00. The van der Waals surface area contributed by atoms with Crippen molar-refractivity contribution in [1.29, 1.82) is 0 Å². The summed E-state index contributed by atoms with van der Waals surface area (Å²) in [5.74, 6) is 0.953. The summed E-state index contributed by atoms with van der Waals surface area (Å²) < 4.78 is 5.29. The Balaban J connectivity index is 2.25. The Kier molecular flexibility index (Phi) is 3.38. The van der Waals surface area contributed by atoms with Crippen LogP contribution in [0.25, 0.3) is 0 Å². The number of methoxy groups -OCH3 is 1. The van der Waals surface area contributed by atoms with Crippen molar-refractivity contribution in [2.24, 2.45) is 0 Å². The number of hydrogen-bond acceptors (Lipinski definition) is 5. The highest BCUT2D eigenvalue weighted by atomic mass is 79.9. The van der Waals surface area contributed by atoms with Crippen LogP contribution < -0.4 is 15.6 Å². The van der Waals surface area contributed by atoms with Crippen molar-refractivity contribution in [3.63, 3.8) is 0 Å². The molecule has 88 valence electrons. The second-order valence-electron chi connectivity index (χ2n) is 3.11. The van der Waals surface area contributed by atoms with Crippen molar-refractivity contribution >= 4 is 27.4 Å². The fourth-order valence-corrected chi connectivity index (χ4v) is 1.50. The van der Waals surface area contributed by atoms with E-state index < -0.39 is 0 Å². The van der Waals surface area contributed by atoms with Crippen molar-refractivity contribution in [3.05, 3.63) is 39.5 Å². The van der Waals surface area contributed by atoms with E-state index in [9.17, 15) is 4.79 Å². The molecule has 2 heterocycles. The van der Waals surface area contributed by atoms with Gasteiger partial charge in [-0.1, -0.05) is 0 Å². The molecule has 17 heavy (non-hydrogen) atoms. The average Bonchev–Trinajstić information content (AvgIpc) is 2.36. The third-order valence-corrected chi connectivity index (χ3v) is 2.74. The highest BCUT2D eigenvalue weighted by molar-refractivity contribution is 9.10. The third kappa shape index (κ3) is 2.62. The normalized spacial score (nSPS) is 10.0. The van der Waals surface area contributed by atoms with E-state index in [0.29, 0.717) is 21.9 Å². The zero-order chi connectivity index (χ0) is 12.3. The van der Waals surface area contributed by atoms with Crippen LogP contribution in [-0.4, -0.2) is 22.1 Å². The van der Waals surface area contributed by atoms with Crippen LogP contribution in [0, 0.1) is 0 Å². The molecule has 0 saturated heterocycles. The van der Waals surface area contributed by atoms with Crippen molar-refractivity contribution in [2.45, 2.75) is 0 Å². The van der Waals surface area contributed by atoms with Crippen LogP contribution in [0.3, 0.4) is 0 Å². The van der Waals surface area contributed by atoms with E-state index >= 15 is 0 Å². The van der Waals surface area contributed by atoms with E-state index in [1.165, 1.54) is 6.33 Å². The smallest absolute Gasteiger partial charge is 0.267 e. The molecule has 0 atom stereocenters. The summed E-state index contributed by atoms with van der Waals surface area (Å²) in [5.41, 5.74) is 0.466. The molecule has 0 aliphatic heterocycles. The molecule has 2 rings (SSSR count). The van der Waals surface area contributed by atoms with Crippen LogP contribution in [-0.2, 0) is 0 Å². The summed E-state index contributed by atoms with van der Waals surface area (Å²) >= 11 is 3.15. The van der Waals surface area contributed by atoms with Gasteiger partial charge in [0.15, 0.2) is 5.82 Å². The highest BCUT2D eigenvalue weighted by Crippen LogP contribution is 2.20. The Morgan fingerprint density at radius 1 is 1.41 bits per heavy atom. The topological polar surface area (TPSA) is 79.9 Å². The van der Waals surface area contributed by atoms with Gasteiger partial charge in [-0.15, -0.1) is 0 Å². The highest BCUT2D eigenvalue weighted by Gasteiger charge is 2.05. The molecule has 0 aliphatic carbocycles. The molecule has 0 bridgehead atoms. The fraction of sp³-hybridized carbons (Fsp3) is 0.100. The number of ether oxygens (including phenoxy) is 1. The van der Waals surface area contributed by atoms with Gasteiger partial charge in [0.25, 0.3) is 5.56 Å². The molecule has 0 spiro atoms. The van der Waals surface area contributed by atoms with Gasteiger partial charge in [-0.3, -0.25) is 4.79 Å². The number of H-pyrrole nitrogens is 1. The summed E-state index contributed by atoms with van der Waals surface area (Å²) in [6, 6.07) is 3.49. The van der Waals surface area contributed by atoms with Gasteiger partial charge in [-0.2, -0.15) is 0 Å². The van der Waals surface area contributed by atoms with E-state index in [0.717, 1.165) is 0 Å². The number of nitrogens with one attached hydrogen (secondary N) is 2. The molecule has 0 aliphatic rings. The fourth-order valence-electron chi connectivity index (χ4n) is 1.18. The molecular weight excluding hydrogens is 288 g/mol. The van der Waals surface area contributed by atoms with Crippen LogP contribution in [0.4, 0.5) is 11.5 Å². The van der Waals surface area contributed by atoms with Crippen LogP contribution in [0.5, 0.6) is 5.88 Å². The first-order valence-corrected chi connectivity index (χ1v) is 5.50. The lowest BCUT2D eigenvalue weighted by Gasteiger charge is -2.06. The minimum atomic E-state index is -0.246. The standard InChI is InChI=1S/C10H9BrN4O2/c1-17-7-3-2-6(4-12-7)15-9-8(11)10(16)14-5-13-9/h2-5H,1H3,(H2,13,14,15,16). The van der Waals surface area contributed by atoms with Crippen LogP contribution in [0.15, 0.2) is 33.9 Å². The lowest BCUT2D eigenvalue weighted by Crippen LogP contribution is -2.10. The molecule has 7 heteroatoms. The van der Waals surface area contributed by atoms with Crippen molar-refractivity contribution in [2.75, 3.05) is 12.4 Å². The molecule has 2 aromatic rings. The minimum absolute atomic E-state index is 0.246. The molecule has 2 aromatic heterocycles. The van der Waals surface area contributed by atoms with E-state index in [2.05, 4.69) is 36.2 Å². The number of aromatic nitrogens is 3. The molecule has 0 fully saturated rings. The maximum absolute atomic E-state index is 11.3. The predicted molar refractivity (Wildman–Crippen MR) is 66.6 cm³/mol. The molecule has 6 nitrogen and oxygen atoms in total. The molecular formula is C10H9BrN4O2. The number of hydrogen-bond donors (Lipinski definition) is 2. The van der Waals surface area contributed by atoms with Crippen molar-refractivity contribution in [3.8, 4) is 5.88 Å². The van der Waals surface area contributed by atoms with Crippen molar-refractivity contribution in [1.82, 2.24) is 15.0 Å². The molecule has 0 saturated carbocycles.